The highest BCUT2D eigenvalue weighted by Crippen LogP contribution is 2.30. The second-order valence-electron chi connectivity index (χ2n) is 7.37. The zero-order chi connectivity index (χ0) is 22.5. The molecule has 1 fully saturated rings. The molecule has 0 unspecified atom stereocenters. The van der Waals surface area contributed by atoms with Gasteiger partial charge in [0.1, 0.15) is 29.3 Å². The fourth-order valence-electron chi connectivity index (χ4n) is 3.63. The summed E-state index contributed by atoms with van der Waals surface area (Å²) in [6.07, 6.45) is 3.20. The van der Waals surface area contributed by atoms with Crippen molar-refractivity contribution in [3.8, 4) is 22.6 Å². The number of rotatable bonds is 6. The van der Waals surface area contributed by atoms with Gasteiger partial charge < -0.3 is 20.7 Å². The van der Waals surface area contributed by atoms with Crippen LogP contribution in [0.15, 0.2) is 73.6 Å². The van der Waals surface area contributed by atoms with E-state index in [1.165, 1.54) is 12.4 Å². The van der Waals surface area contributed by atoms with Crippen LogP contribution in [0.1, 0.15) is 16.9 Å². The van der Waals surface area contributed by atoms with Gasteiger partial charge in [-0.1, -0.05) is 36.9 Å². The lowest BCUT2D eigenvalue weighted by Gasteiger charge is -2.16. The molecule has 0 saturated carbocycles. The van der Waals surface area contributed by atoms with E-state index in [1.54, 1.807) is 17.0 Å². The first kappa shape index (κ1) is 21.0. The molecule has 3 aromatic rings. The first-order valence-corrected chi connectivity index (χ1v) is 10.2. The van der Waals surface area contributed by atoms with Crippen LogP contribution in [0.4, 0.5) is 5.82 Å². The molecular weight excluding hydrogens is 406 g/mol. The molecule has 0 radical (unpaired) electrons. The fourth-order valence-corrected chi connectivity index (χ4v) is 3.63. The van der Waals surface area contributed by atoms with E-state index in [9.17, 15) is 9.59 Å². The van der Waals surface area contributed by atoms with E-state index in [0.717, 1.165) is 5.75 Å². The van der Waals surface area contributed by atoms with Crippen LogP contribution in [0, 0.1) is 0 Å². The Morgan fingerprint density at radius 3 is 2.53 bits per heavy atom. The number of nitrogens with two attached hydrogens (primary N) is 1. The highest BCUT2D eigenvalue weighted by molar-refractivity contribution is 6.01. The summed E-state index contributed by atoms with van der Waals surface area (Å²) in [5, 5.41) is 2.95. The Hall–Kier alpha value is -4.20. The van der Waals surface area contributed by atoms with E-state index in [2.05, 4.69) is 21.9 Å². The summed E-state index contributed by atoms with van der Waals surface area (Å²) >= 11 is 0. The maximum absolute atomic E-state index is 13.0. The average Bonchev–Trinajstić information content (AvgIpc) is 3.28. The maximum atomic E-state index is 13.0. The van der Waals surface area contributed by atoms with E-state index < -0.39 is 0 Å². The summed E-state index contributed by atoms with van der Waals surface area (Å²) in [4.78, 5) is 34.7. The normalized spacial score (nSPS) is 15.2. The number of benzene rings is 2. The Morgan fingerprint density at radius 2 is 1.81 bits per heavy atom. The van der Waals surface area contributed by atoms with E-state index >= 15 is 0 Å². The molecule has 0 bridgehead atoms. The van der Waals surface area contributed by atoms with Crippen molar-refractivity contribution in [3.05, 3.63) is 79.3 Å². The van der Waals surface area contributed by atoms with Crippen LogP contribution < -0.4 is 15.8 Å². The van der Waals surface area contributed by atoms with Gasteiger partial charge in [0.25, 0.3) is 5.91 Å². The molecular formula is C24H23N5O3. The highest BCUT2D eigenvalue weighted by atomic mass is 16.5. The van der Waals surface area contributed by atoms with Gasteiger partial charge in [-0.05, 0) is 42.3 Å². The standard InChI is InChI=1S/C24H23N5O3/c1-2-20(30)29-13-12-17(14-29)28-24(31)22-21(23(25)27-15-26-22)16-8-10-19(11-9-16)32-18-6-4-3-5-7-18/h2-11,15,17H,1,12-14H2,(H,28,31)(H2,25,26,27)/t17-/m0/s1. The van der Waals surface area contributed by atoms with Gasteiger partial charge in [0.2, 0.25) is 5.91 Å². The van der Waals surface area contributed by atoms with Crippen molar-refractivity contribution in [2.24, 2.45) is 0 Å². The van der Waals surface area contributed by atoms with Gasteiger partial charge in [-0.15, -0.1) is 0 Å². The van der Waals surface area contributed by atoms with Crippen LogP contribution in [0.2, 0.25) is 0 Å². The SMILES string of the molecule is C=CC(=O)N1CC[C@H](NC(=O)c2ncnc(N)c2-c2ccc(Oc3ccccc3)cc2)C1. The molecule has 2 aromatic carbocycles. The molecule has 1 atom stereocenters. The van der Waals surface area contributed by atoms with Crippen molar-refractivity contribution in [2.75, 3.05) is 18.8 Å². The van der Waals surface area contributed by atoms with Crippen molar-refractivity contribution in [2.45, 2.75) is 12.5 Å². The average molecular weight is 429 g/mol. The molecule has 162 valence electrons. The summed E-state index contributed by atoms with van der Waals surface area (Å²) in [5.41, 5.74) is 7.45. The molecule has 1 aliphatic heterocycles. The van der Waals surface area contributed by atoms with Gasteiger partial charge in [0.05, 0.1) is 5.56 Å². The second-order valence-corrected chi connectivity index (χ2v) is 7.37. The minimum absolute atomic E-state index is 0.147. The minimum Gasteiger partial charge on any atom is -0.457 e. The van der Waals surface area contributed by atoms with Crippen molar-refractivity contribution in [1.82, 2.24) is 20.2 Å². The molecule has 8 heteroatoms. The molecule has 2 heterocycles. The molecule has 0 spiro atoms. The second kappa shape index (κ2) is 9.30. The Kier molecular flexibility index (Phi) is 6.12. The third kappa shape index (κ3) is 4.59. The van der Waals surface area contributed by atoms with Crippen LogP contribution in [0.5, 0.6) is 11.5 Å². The molecule has 3 N–H and O–H groups in total. The van der Waals surface area contributed by atoms with Crippen molar-refractivity contribution < 1.29 is 14.3 Å². The molecule has 8 nitrogen and oxygen atoms in total. The maximum Gasteiger partial charge on any atom is 0.271 e. The molecule has 32 heavy (non-hydrogen) atoms. The fraction of sp³-hybridized carbons (Fsp3) is 0.167. The number of carbonyl (C=O) groups is 2. The smallest absolute Gasteiger partial charge is 0.271 e. The number of hydrogen-bond donors (Lipinski definition) is 2. The van der Waals surface area contributed by atoms with E-state index in [4.69, 9.17) is 10.5 Å². The van der Waals surface area contributed by atoms with Crippen molar-refractivity contribution in [3.63, 3.8) is 0 Å². The number of nitrogens with one attached hydrogen (secondary N) is 1. The van der Waals surface area contributed by atoms with Crippen molar-refractivity contribution in [1.29, 1.82) is 0 Å². The minimum atomic E-state index is -0.364. The molecule has 1 saturated heterocycles. The molecule has 1 aliphatic rings. The monoisotopic (exact) mass is 429 g/mol. The Balaban J connectivity index is 1.52. The van der Waals surface area contributed by atoms with Gasteiger partial charge in [-0.2, -0.15) is 0 Å². The lowest BCUT2D eigenvalue weighted by atomic mass is 10.0. The summed E-state index contributed by atoms with van der Waals surface area (Å²) in [7, 11) is 0. The lowest BCUT2D eigenvalue weighted by molar-refractivity contribution is -0.125. The number of nitrogens with zero attached hydrogens (tertiary/aromatic N) is 3. The number of amides is 2. The third-order valence-electron chi connectivity index (χ3n) is 5.22. The number of para-hydroxylation sites is 1. The third-order valence-corrected chi connectivity index (χ3v) is 5.22. The van der Waals surface area contributed by atoms with Crippen LogP contribution in [0.25, 0.3) is 11.1 Å². The number of ether oxygens (including phenoxy) is 1. The predicted molar refractivity (Wildman–Crippen MR) is 121 cm³/mol. The molecule has 0 aliphatic carbocycles. The van der Waals surface area contributed by atoms with Crippen LogP contribution in [-0.2, 0) is 4.79 Å². The van der Waals surface area contributed by atoms with E-state index in [1.807, 2.05) is 42.5 Å². The number of hydrogen-bond acceptors (Lipinski definition) is 6. The number of likely N-dealkylation sites (tertiary alicyclic amines) is 1. The summed E-state index contributed by atoms with van der Waals surface area (Å²) < 4.78 is 5.82. The first-order valence-electron chi connectivity index (χ1n) is 10.2. The Morgan fingerprint density at radius 1 is 1.09 bits per heavy atom. The van der Waals surface area contributed by atoms with Crippen LogP contribution in [-0.4, -0.2) is 45.8 Å². The summed E-state index contributed by atoms with van der Waals surface area (Å²) in [6.45, 7) is 4.50. The molecule has 4 rings (SSSR count). The van der Waals surface area contributed by atoms with Gasteiger partial charge >= 0.3 is 0 Å². The van der Waals surface area contributed by atoms with Gasteiger partial charge in [0.15, 0.2) is 0 Å². The van der Waals surface area contributed by atoms with Crippen LogP contribution in [0.3, 0.4) is 0 Å². The summed E-state index contributed by atoms with van der Waals surface area (Å²) in [6, 6.07) is 16.5. The van der Waals surface area contributed by atoms with E-state index in [-0.39, 0.29) is 29.4 Å². The Bertz CT molecular complexity index is 1130. The van der Waals surface area contributed by atoms with Crippen LogP contribution >= 0.6 is 0 Å². The molecule has 2 amide bonds. The highest BCUT2D eigenvalue weighted by Gasteiger charge is 2.28. The number of carbonyl (C=O) groups excluding carboxylic acids is 2. The number of nitrogen functional groups attached to an aromatic ring is 1. The first-order chi connectivity index (χ1) is 15.5. The lowest BCUT2D eigenvalue weighted by Crippen LogP contribution is -2.38. The zero-order valence-electron chi connectivity index (χ0n) is 17.4. The zero-order valence-corrected chi connectivity index (χ0v) is 17.4. The summed E-state index contributed by atoms with van der Waals surface area (Å²) in [5.74, 6) is 1.07. The molecule has 1 aromatic heterocycles. The van der Waals surface area contributed by atoms with Gasteiger partial charge in [0, 0.05) is 19.1 Å². The van der Waals surface area contributed by atoms with E-state index in [0.29, 0.717) is 36.4 Å². The quantitative estimate of drug-likeness (QED) is 0.583. The number of anilines is 1. The van der Waals surface area contributed by atoms with Crippen molar-refractivity contribution >= 4 is 17.6 Å². The van der Waals surface area contributed by atoms with Gasteiger partial charge in [-0.25, -0.2) is 9.97 Å². The topological polar surface area (TPSA) is 110 Å². The largest absolute Gasteiger partial charge is 0.457 e. The van der Waals surface area contributed by atoms with Gasteiger partial charge in [-0.3, -0.25) is 9.59 Å². The predicted octanol–water partition coefficient (Wildman–Crippen LogP) is 3.03. The number of aromatic nitrogens is 2. The Labute approximate surface area is 185 Å².